The second-order valence-electron chi connectivity index (χ2n) is 4.72. The van der Waals surface area contributed by atoms with Crippen LogP contribution in [-0.4, -0.2) is 5.78 Å². The lowest BCUT2D eigenvalue weighted by Crippen LogP contribution is -2.02. The molecule has 0 N–H and O–H groups in total. The number of hydrogen-bond donors (Lipinski definition) is 0. The lowest BCUT2D eigenvalue weighted by atomic mass is 9.98. The molecule has 0 bridgehead atoms. The number of benzene rings is 1. The Morgan fingerprint density at radius 3 is 2.74 bits per heavy atom. The van der Waals surface area contributed by atoms with Gasteiger partial charge in [-0.3, -0.25) is 4.79 Å². The highest BCUT2D eigenvalue weighted by atomic mass is 35.5. The molecule has 0 amide bonds. The van der Waals surface area contributed by atoms with Crippen molar-refractivity contribution in [1.82, 2.24) is 0 Å². The number of halogens is 2. The normalized spacial score (nSPS) is 14.2. The predicted molar refractivity (Wildman–Crippen MR) is 75.8 cm³/mol. The zero-order valence-corrected chi connectivity index (χ0v) is 11.8. The molecule has 1 aromatic heterocycles. The largest absolute Gasteiger partial charge is 0.288 e. The number of aryl methyl sites for hydroxylation is 2. The molecule has 0 spiro atoms. The summed E-state index contributed by atoms with van der Waals surface area (Å²) in [7, 11) is 0. The lowest BCUT2D eigenvalue weighted by molar-refractivity contribution is 0.103. The fourth-order valence-corrected chi connectivity index (χ4v) is 3.78. The minimum atomic E-state index is -0.552. The standard InChI is InChI=1S/C15H12ClFOS/c16-10-5-6-11(12(17)8-10)15(18)14-7-9-3-1-2-4-13(9)19-14/h5-8H,1-4H2. The Hall–Kier alpha value is -1.19. The van der Waals surface area contributed by atoms with Gasteiger partial charge in [0.1, 0.15) is 5.82 Å². The third kappa shape index (κ3) is 2.45. The first kappa shape index (κ1) is 12.8. The van der Waals surface area contributed by atoms with Crippen molar-refractivity contribution in [3.05, 3.63) is 56.0 Å². The molecule has 0 aliphatic heterocycles. The predicted octanol–water partition coefficient (Wildman–Crippen LogP) is 4.65. The Morgan fingerprint density at radius 1 is 1.21 bits per heavy atom. The van der Waals surface area contributed by atoms with Crippen LogP contribution >= 0.6 is 22.9 Å². The molecule has 2 aromatic rings. The number of rotatable bonds is 2. The van der Waals surface area contributed by atoms with Crippen LogP contribution in [-0.2, 0) is 12.8 Å². The molecule has 0 radical (unpaired) electrons. The summed E-state index contributed by atoms with van der Waals surface area (Å²) in [5, 5.41) is 0.305. The van der Waals surface area contributed by atoms with Crippen molar-refractivity contribution in [2.24, 2.45) is 0 Å². The molecule has 19 heavy (non-hydrogen) atoms. The maximum atomic E-state index is 13.8. The second kappa shape index (κ2) is 5.06. The molecule has 1 aliphatic rings. The first-order chi connectivity index (χ1) is 9.15. The molecule has 1 heterocycles. The van der Waals surface area contributed by atoms with Crippen LogP contribution in [0.25, 0.3) is 0 Å². The lowest BCUT2D eigenvalue weighted by Gasteiger charge is -2.08. The minimum Gasteiger partial charge on any atom is -0.288 e. The van der Waals surface area contributed by atoms with E-state index in [9.17, 15) is 9.18 Å². The summed E-state index contributed by atoms with van der Waals surface area (Å²) in [6.07, 6.45) is 4.42. The van der Waals surface area contributed by atoms with Gasteiger partial charge in [0.05, 0.1) is 10.4 Å². The SMILES string of the molecule is O=C(c1cc2c(s1)CCCC2)c1ccc(Cl)cc1F. The van der Waals surface area contributed by atoms with Gasteiger partial charge in [-0.2, -0.15) is 0 Å². The zero-order valence-electron chi connectivity index (χ0n) is 10.2. The third-order valence-electron chi connectivity index (χ3n) is 3.40. The highest BCUT2D eigenvalue weighted by Crippen LogP contribution is 2.31. The van der Waals surface area contributed by atoms with Gasteiger partial charge in [-0.1, -0.05) is 11.6 Å². The average Bonchev–Trinajstić information content (AvgIpc) is 2.81. The summed E-state index contributed by atoms with van der Waals surface area (Å²) in [5.74, 6) is -0.794. The molecule has 1 aliphatic carbocycles. The van der Waals surface area contributed by atoms with Gasteiger partial charge in [-0.05, 0) is 55.5 Å². The molecule has 0 saturated carbocycles. The Balaban J connectivity index is 1.97. The summed E-state index contributed by atoms with van der Waals surface area (Å²) in [6, 6.07) is 6.11. The highest BCUT2D eigenvalue weighted by molar-refractivity contribution is 7.14. The smallest absolute Gasteiger partial charge is 0.205 e. The van der Waals surface area contributed by atoms with Crippen molar-refractivity contribution in [2.45, 2.75) is 25.7 Å². The summed E-state index contributed by atoms with van der Waals surface area (Å²) in [5.41, 5.74) is 1.36. The van der Waals surface area contributed by atoms with Gasteiger partial charge in [0, 0.05) is 9.90 Å². The van der Waals surface area contributed by atoms with Crippen LogP contribution in [0.3, 0.4) is 0 Å². The van der Waals surface area contributed by atoms with E-state index in [1.165, 1.54) is 46.8 Å². The van der Waals surface area contributed by atoms with Crippen LogP contribution in [0.2, 0.25) is 5.02 Å². The summed E-state index contributed by atoms with van der Waals surface area (Å²) >= 11 is 7.20. The van der Waals surface area contributed by atoms with Crippen molar-refractivity contribution < 1.29 is 9.18 Å². The van der Waals surface area contributed by atoms with E-state index >= 15 is 0 Å². The van der Waals surface area contributed by atoms with Crippen LogP contribution < -0.4 is 0 Å². The number of thiophene rings is 1. The molecule has 0 unspecified atom stereocenters. The van der Waals surface area contributed by atoms with Crippen molar-refractivity contribution in [2.75, 3.05) is 0 Å². The van der Waals surface area contributed by atoms with Crippen LogP contribution in [0.4, 0.5) is 4.39 Å². The minimum absolute atomic E-state index is 0.1000. The van der Waals surface area contributed by atoms with E-state index < -0.39 is 5.82 Å². The molecule has 1 aromatic carbocycles. The molecule has 98 valence electrons. The number of carbonyl (C=O) groups is 1. The number of hydrogen-bond acceptors (Lipinski definition) is 2. The maximum Gasteiger partial charge on any atom is 0.205 e. The molecular formula is C15H12ClFOS. The van der Waals surface area contributed by atoms with Crippen LogP contribution in [0.1, 0.15) is 38.5 Å². The summed E-state index contributed by atoms with van der Waals surface area (Å²) < 4.78 is 13.8. The van der Waals surface area contributed by atoms with Crippen LogP contribution in [0.5, 0.6) is 0 Å². The van der Waals surface area contributed by atoms with Crippen molar-refractivity contribution in [3.63, 3.8) is 0 Å². The second-order valence-corrected chi connectivity index (χ2v) is 6.29. The monoisotopic (exact) mass is 294 g/mol. The van der Waals surface area contributed by atoms with E-state index in [1.807, 2.05) is 6.07 Å². The molecule has 4 heteroatoms. The Bertz CT molecular complexity index is 624. The van der Waals surface area contributed by atoms with Gasteiger partial charge in [-0.15, -0.1) is 11.3 Å². The van der Waals surface area contributed by atoms with E-state index in [1.54, 1.807) is 6.07 Å². The average molecular weight is 295 g/mol. The van der Waals surface area contributed by atoms with E-state index in [-0.39, 0.29) is 11.3 Å². The molecule has 0 fully saturated rings. The fourth-order valence-electron chi connectivity index (χ4n) is 2.41. The van der Waals surface area contributed by atoms with Gasteiger partial charge >= 0.3 is 0 Å². The highest BCUT2D eigenvalue weighted by Gasteiger charge is 2.20. The molecule has 0 saturated heterocycles. The van der Waals surface area contributed by atoms with Crippen LogP contribution in [0, 0.1) is 5.82 Å². The maximum absolute atomic E-state index is 13.8. The van der Waals surface area contributed by atoms with E-state index in [0.717, 1.165) is 12.8 Å². The molecule has 3 rings (SSSR count). The van der Waals surface area contributed by atoms with Crippen LogP contribution in [0.15, 0.2) is 24.3 Å². The molecule has 1 nitrogen and oxygen atoms in total. The first-order valence-corrected chi connectivity index (χ1v) is 7.46. The zero-order chi connectivity index (χ0) is 13.4. The summed E-state index contributed by atoms with van der Waals surface area (Å²) in [4.78, 5) is 14.2. The third-order valence-corrected chi connectivity index (χ3v) is 4.87. The molecular weight excluding hydrogens is 283 g/mol. The quantitative estimate of drug-likeness (QED) is 0.737. The van der Waals surface area contributed by atoms with Gasteiger partial charge in [0.25, 0.3) is 0 Å². The van der Waals surface area contributed by atoms with Gasteiger partial charge < -0.3 is 0 Å². The van der Waals surface area contributed by atoms with E-state index in [0.29, 0.717) is 9.90 Å². The van der Waals surface area contributed by atoms with Gasteiger partial charge in [0.2, 0.25) is 5.78 Å². The number of fused-ring (bicyclic) bond motifs is 1. The van der Waals surface area contributed by atoms with E-state index in [2.05, 4.69) is 0 Å². The first-order valence-electron chi connectivity index (χ1n) is 6.26. The van der Waals surface area contributed by atoms with Crippen molar-refractivity contribution in [3.8, 4) is 0 Å². The van der Waals surface area contributed by atoms with E-state index in [4.69, 9.17) is 11.6 Å². The van der Waals surface area contributed by atoms with Crippen molar-refractivity contribution in [1.29, 1.82) is 0 Å². The Kier molecular flexibility index (Phi) is 3.42. The van der Waals surface area contributed by atoms with Crippen molar-refractivity contribution >= 4 is 28.7 Å². The number of ketones is 1. The topological polar surface area (TPSA) is 17.1 Å². The fraction of sp³-hybridized carbons (Fsp3) is 0.267. The van der Waals surface area contributed by atoms with Gasteiger partial charge in [0.15, 0.2) is 0 Å². The molecule has 0 atom stereocenters. The van der Waals surface area contributed by atoms with Gasteiger partial charge in [-0.25, -0.2) is 4.39 Å². The number of carbonyl (C=O) groups excluding carboxylic acids is 1. The summed E-state index contributed by atoms with van der Waals surface area (Å²) in [6.45, 7) is 0. The Morgan fingerprint density at radius 2 is 2.00 bits per heavy atom. The Labute approximate surface area is 120 Å².